The molecule has 23 heavy (non-hydrogen) atoms. The average Bonchev–Trinajstić information content (AvgIpc) is 3.33. The van der Waals surface area contributed by atoms with E-state index in [1.54, 1.807) is 18.9 Å². The Labute approximate surface area is 137 Å². The number of nitrogens with one attached hydrogen (secondary N) is 1. The van der Waals surface area contributed by atoms with Crippen molar-refractivity contribution in [2.24, 2.45) is 11.8 Å². The van der Waals surface area contributed by atoms with Gasteiger partial charge >= 0.3 is 6.03 Å². The van der Waals surface area contributed by atoms with Crippen LogP contribution in [0.5, 0.6) is 0 Å². The van der Waals surface area contributed by atoms with Gasteiger partial charge in [0.25, 0.3) is 5.91 Å². The summed E-state index contributed by atoms with van der Waals surface area (Å²) in [6.45, 7) is 3.88. The Hall–Kier alpha value is -1.59. The first-order chi connectivity index (χ1) is 10.8. The molecule has 128 valence electrons. The highest BCUT2D eigenvalue weighted by Gasteiger charge is 2.56. The number of urea groups is 1. The van der Waals surface area contributed by atoms with Gasteiger partial charge in [-0.05, 0) is 57.3 Å². The van der Waals surface area contributed by atoms with Gasteiger partial charge in [-0.3, -0.25) is 14.5 Å². The van der Waals surface area contributed by atoms with Crippen LogP contribution in [0.3, 0.4) is 0 Å². The Bertz CT molecular complexity index is 523. The van der Waals surface area contributed by atoms with E-state index < -0.39 is 11.6 Å². The van der Waals surface area contributed by atoms with Crippen LogP contribution >= 0.6 is 0 Å². The molecule has 1 saturated heterocycles. The SMILES string of the molecule is CC1CCC(N(C)C(=O)CN2C(=O)NC(C)(C3CC3)C2=O)CC1. The normalized spacial score (nSPS) is 34.5. The van der Waals surface area contributed by atoms with Crippen LogP contribution in [0, 0.1) is 11.8 Å². The lowest BCUT2D eigenvalue weighted by Crippen LogP contribution is -2.48. The molecule has 1 atom stereocenters. The molecule has 6 heteroatoms. The molecular weight excluding hydrogens is 294 g/mol. The monoisotopic (exact) mass is 321 g/mol. The predicted molar refractivity (Wildman–Crippen MR) is 85.6 cm³/mol. The summed E-state index contributed by atoms with van der Waals surface area (Å²) in [5.74, 6) is 0.550. The fraction of sp³-hybridized carbons (Fsp3) is 0.824. The maximum absolute atomic E-state index is 12.6. The molecule has 1 N–H and O–H groups in total. The number of hydrogen-bond donors (Lipinski definition) is 1. The molecule has 3 rings (SSSR count). The van der Waals surface area contributed by atoms with Crippen molar-refractivity contribution in [1.82, 2.24) is 15.1 Å². The van der Waals surface area contributed by atoms with Gasteiger partial charge in [0.15, 0.2) is 0 Å². The molecular formula is C17H27N3O3. The third-order valence-corrected chi connectivity index (χ3v) is 5.91. The first kappa shape index (κ1) is 16.3. The van der Waals surface area contributed by atoms with E-state index in [9.17, 15) is 14.4 Å². The lowest BCUT2D eigenvalue weighted by atomic mass is 9.87. The van der Waals surface area contributed by atoms with Gasteiger partial charge in [-0.25, -0.2) is 4.79 Å². The van der Waals surface area contributed by atoms with Crippen molar-refractivity contribution >= 4 is 17.8 Å². The molecule has 3 fully saturated rings. The third kappa shape index (κ3) is 2.95. The van der Waals surface area contributed by atoms with Crippen molar-refractivity contribution in [2.75, 3.05) is 13.6 Å². The van der Waals surface area contributed by atoms with Gasteiger partial charge < -0.3 is 10.2 Å². The number of amides is 4. The van der Waals surface area contributed by atoms with Crippen LogP contribution in [0.15, 0.2) is 0 Å². The number of imide groups is 1. The second-order valence-electron chi connectivity index (χ2n) is 7.72. The zero-order valence-electron chi connectivity index (χ0n) is 14.3. The molecule has 1 heterocycles. The molecule has 1 aliphatic heterocycles. The number of hydrogen-bond acceptors (Lipinski definition) is 3. The summed E-state index contributed by atoms with van der Waals surface area (Å²) >= 11 is 0. The highest BCUT2D eigenvalue weighted by atomic mass is 16.2. The van der Waals surface area contributed by atoms with Gasteiger partial charge in [0, 0.05) is 13.1 Å². The Morgan fingerprint density at radius 3 is 2.39 bits per heavy atom. The maximum atomic E-state index is 12.6. The molecule has 0 radical (unpaired) electrons. The second-order valence-corrected chi connectivity index (χ2v) is 7.72. The molecule has 0 aromatic heterocycles. The molecule has 1 unspecified atom stereocenters. The summed E-state index contributed by atoms with van der Waals surface area (Å²) in [5, 5.41) is 2.79. The van der Waals surface area contributed by atoms with E-state index in [4.69, 9.17) is 0 Å². The molecule has 2 saturated carbocycles. The summed E-state index contributed by atoms with van der Waals surface area (Å²) in [5.41, 5.74) is -0.809. The number of carbonyl (C=O) groups is 3. The first-order valence-electron chi connectivity index (χ1n) is 8.72. The highest BCUT2D eigenvalue weighted by Crippen LogP contribution is 2.42. The van der Waals surface area contributed by atoms with Crippen molar-refractivity contribution in [3.63, 3.8) is 0 Å². The van der Waals surface area contributed by atoms with Crippen LogP contribution in [0.4, 0.5) is 4.79 Å². The summed E-state index contributed by atoms with van der Waals surface area (Å²) in [7, 11) is 1.79. The lowest BCUT2D eigenvalue weighted by Gasteiger charge is -2.34. The van der Waals surface area contributed by atoms with Gasteiger partial charge in [-0.15, -0.1) is 0 Å². The molecule has 6 nitrogen and oxygen atoms in total. The largest absolute Gasteiger partial charge is 0.341 e. The minimum atomic E-state index is -0.809. The Kier molecular flexibility index (Phi) is 4.10. The fourth-order valence-corrected chi connectivity index (χ4v) is 3.88. The lowest BCUT2D eigenvalue weighted by molar-refractivity contribution is -0.139. The minimum absolute atomic E-state index is 0.143. The van der Waals surface area contributed by atoms with E-state index in [0.29, 0.717) is 0 Å². The smallest absolute Gasteiger partial charge is 0.325 e. The van der Waals surface area contributed by atoms with E-state index in [1.165, 1.54) is 0 Å². The first-order valence-corrected chi connectivity index (χ1v) is 8.72. The van der Waals surface area contributed by atoms with Crippen molar-refractivity contribution in [2.45, 2.75) is 64.0 Å². The topological polar surface area (TPSA) is 69.7 Å². The molecule has 0 spiro atoms. The molecule has 0 aromatic carbocycles. The fourth-order valence-electron chi connectivity index (χ4n) is 3.88. The van der Waals surface area contributed by atoms with Crippen LogP contribution in [-0.4, -0.2) is 52.8 Å². The molecule has 0 aromatic rings. The number of likely N-dealkylation sites (N-methyl/N-ethyl adjacent to an activating group) is 1. The average molecular weight is 321 g/mol. The van der Waals surface area contributed by atoms with Crippen molar-refractivity contribution in [1.29, 1.82) is 0 Å². The van der Waals surface area contributed by atoms with Crippen LogP contribution < -0.4 is 5.32 Å². The number of rotatable bonds is 4. The van der Waals surface area contributed by atoms with E-state index in [1.807, 2.05) is 0 Å². The third-order valence-electron chi connectivity index (χ3n) is 5.91. The van der Waals surface area contributed by atoms with E-state index in [2.05, 4.69) is 12.2 Å². The quantitative estimate of drug-likeness (QED) is 0.802. The minimum Gasteiger partial charge on any atom is -0.341 e. The molecule has 0 bridgehead atoms. The number of carbonyl (C=O) groups excluding carboxylic acids is 3. The predicted octanol–water partition coefficient (Wildman–Crippen LogP) is 1.74. The van der Waals surface area contributed by atoms with E-state index in [0.717, 1.165) is 49.3 Å². The van der Waals surface area contributed by atoms with Crippen LogP contribution in [-0.2, 0) is 9.59 Å². The second kappa shape index (κ2) is 5.80. The van der Waals surface area contributed by atoms with Crippen molar-refractivity contribution < 1.29 is 14.4 Å². The molecule has 4 amide bonds. The highest BCUT2D eigenvalue weighted by molar-refractivity contribution is 6.09. The van der Waals surface area contributed by atoms with Gasteiger partial charge in [0.05, 0.1) is 0 Å². The van der Waals surface area contributed by atoms with Gasteiger partial charge in [-0.2, -0.15) is 0 Å². The Morgan fingerprint density at radius 2 is 1.83 bits per heavy atom. The molecule has 3 aliphatic rings. The summed E-state index contributed by atoms with van der Waals surface area (Å²) < 4.78 is 0. The van der Waals surface area contributed by atoms with Crippen molar-refractivity contribution in [3.8, 4) is 0 Å². The van der Waals surface area contributed by atoms with Crippen LogP contribution in [0.25, 0.3) is 0 Å². The van der Waals surface area contributed by atoms with Crippen LogP contribution in [0.1, 0.15) is 52.4 Å². The van der Waals surface area contributed by atoms with E-state index in [-0.39, 0.29) is 30.3 Å². The van der Waals surface area contributed by atoms with Crippen molar-refractivity contribution in [3.05, 3.63) is 0 Å². The van der Waals surface area contributed by atoms with Gasteiger partial charge in [0.1, 0.15) is 12.1 Å². The summed E-state index contributed by atoms with van der Waals surface area (Å²) in [4.78, 5) is 40.1. The summed E-state index contributed by atoms with van der Waals surface area (Å²) in [6, 6.07) is -0.197. The zero-order valence-corrected chi connectivity index (χ0v) is 14.3. The zero-order chi connectivity index (χ0) is 16.8. The van der Waals surface area contributed by atoms with Crippen LogP contribution in [0.2, 0.25) is 0 Å². The Balaban J connectivity index is 1.61. The summed E-state index contributed by atoms with van der Waals surface area (Å²) in [6.07, 6.45) is 6.19. The number of nitrogens with zero attached hydrogens (tertiary/aromatic N) is 2. The van der Waals surface area contributed by atoms with E-state index >= 15 is 0 Å². The standard InChI is InChI=1S/C17H27N3O3/c1-11-4-8-13(9-5-11)19(3)14(21)10-20-15(22)17(2,12-6-7-12)18-16(20)23/h11-13H,4-10H2,1-3H3,(H,18,23). The van der Waals surface area contributed by atoms with Gasteiger partial charge in [0.2, 0.25) is 5.91 Å². The Morgan fingerprint density at radius 1 is 1.22 bits per heavy atom. The van der Waals surface area contributed by atoms with Gasteiger partial charge in [-0.1, -0.05) is 6.92 Å². The maximum Gasteiger partial charge on any atom is 0.325 e. The molecule has 2 aliphatic carbocycles.